The van der Waals surface area contributed by atoms with Gasteiger partial charge in [-0.1, -0.05) is 149 Å². The zero-order chi connectivity index (χ0) is 89.5. The molecule has 122 heavy (non-hydrogen) atoms. The Bertz CT molecular complexity index is 4790. The summed E-state index contributed by atoms with van der Waals surface area (Å²) in [7, 11) is 3.98. The zero-order valence-electron chi connectivity index (χ0n) is 68.8. The van der Waals surface area contributed by atoms with Crippen LogP contribution in [-0.4, -0.2) is 182 Å². The van der Waals surface area contributed by atoms with Gasteiger partial charge in [0.15, 0.2) is 0 Å². The van der Waals surface area contributed by atoms with Crippen LogP contribution >= 0.6 is 105 Å². The Morgan fingerprint density at radius 3 is 1.25 bits per heavy atom. The van der Waals surface area contributed by atoms with E-state index in [0.29, 0.717) is 90.9 Å². The fraction of sp³-hybridized carbons (Fsp3) is 0.451. The molecule has 0 atom stereocenters. The van der Waals surface area contributed by atoms with Crippen molar-refractivity contribution in [3.05, 3.63) is 193 Å². The minimum absolute atomic E-state index is 0. The summed E-state index contributed by atoms with van der Waals surface area (Å²) in [6.07, 6.45) is -5.49. The molecule has 668 valence electrons. The summed E-state index contributed by atoms with van der Waals surface area (Å²) in [6, 6.07) is 22.8. The molecule has 11 heterocycles. The van der Waals surface area contributed by atoms with Crippen LogP contribution in [0.25, 0.3) is 0 Å². The van der Waals surface area contributed by atoms with Gasteiger partial charge in [-0.2, -0.15) is 13.2 Å². The van der Waals surface area contributed by atoms with Gasteiger partial charge in [0.2, 0.25) is 6.29 Å². The van der Waals surface area contributed by atoms with Gasteiger partial charge in [-0.3, -0.25) is 24.2 Å². The number of nitrogen functional groups attached to an aromatic ring is 1. The number of hydrogen-bond donors (Lipinski definition) is 3. The number of pyridine rings is 7. The van der Waals surface area contributed by atoms with Gasteiger partial charge in [0.05, 0.1) is 109 Å². The Labute approximate surface area is 774 Å². The van der Waals surface area contributed by atoms with Gasteiger partial charge in [-0.05, 0) is 172 Å². The molecule has 0 radical (unpaired) electrons. The maximum Gasteiger partial charge on any atom is 1.00 e. The third kappa shape index (κ3) is 35.3. The fourth-order valence-electron chi connectivity index (χ4n) is 10.1. The van der Waals surface area contributed by atoms with Gasteiger partial charge in [-0.25, -0.2) is 58.7 Å². The number of aromatic carboxylic acids is 1. The summed E-state index contributed by atoms with van der Waals surface area (Å²) in [5.41, 5.74) is 9.34. The number of nitrogens with zero attached hydrogens (tertiary/aromatic N) is 7. The molecule has 0 spiro atoms. The van der Waals surface area contributed by atoms with E-state index in [4.69, 9.17) is 84.0 Å². The standard InChI is InChI=1S/C16H21NO4.C12H13NO4.C11H11NO4.C10H11BrClNO2.C10H12N2O2.C9H11BrClNO.C8H7BrClNO2.C2HF3O.CH3I.3CH4.Li.H2O/c1-15(2,3)21-12(18)8-10-6-7-11-13(17-10)16(4,5)9-20-14(11)19;1-12(2)6-17-10(14)7-4-5-8(11(15)16-3)13-9(7)12;1-11(2)5-16-10(15)6-3-4-7(9(13)14)12-8(6)11;1-10(2,9(14)15-3)8-6(11)4-5-7(12)13-8;1-10(2)5-14-9(13)6-3-4-7(11)12-8(6)10;1-9(2,5-13)8-6(10)3-4-7(11)12-8;1-13-8(12)4-6-5(9)2-3-7(10)11-6;3-2(4,5)1-6;1-2;;;;;/h6-7H,8-9H2,1-5H3;4-5H,6H2,1-3H3;3-4H,5H2,1-2H3,(H,13,14);4-5H,1-3H3;3-4H,5H2,1-2H3,(H2,11,12);3-4,13H,5H2,1-2H3;2-3H,4H2,1H3;1H;1H3;3*1H4;;1H2/q;;;;;;;;;;;;+1;/p-1. The van der Waals surface area contributed by atoms with E-state index in [-0.39, 0.29) is 137 Å². The van der Waals surface area contributed by atoms with Crippen molar-refractivity contribution in [1.29, 1.82) is 0 Å². The Kier molecular flexibility index (Phi) is 49.3. The molecule has 0 fully saturated rings. The smallest absolute Gasteiger partial charge is 0.870 e. The van der Waals surface area contributed by atoms with E-state index in [1.165, 1.54) is 39.5 Å². The molecule has 11 rings (SSSR count). The van der Waals surface area contributed by atoms with E-state index in [2.05, 4.69) is 115 Å². The van der Waals surface area contributed by atoms with Crippen LogP contribution in [0.4, 0.5) is 19.0 Å². The van der Waals surface area contributed by atoms with Gasteiger partial charge in [-0.15, -0.1) is 0 Å². The maximum absolute atomic E-state index is 11.9. The number of carbonyl (C=O) groups excluding carboxylic acids is 9. The second-order valence-electron chi connectivity index (χ2n) is 30.0. The van der Waals surface area contributed by atoms with Crippen molar-refractivity contribution in [2.75, 3.05) is 65.0 Å². The molecule has 0 unspecified atom stereocenters. The number of ether oxygens (including phenoxy) is 8. The number of methoxy groups -OCH3 is 3. The van der Waals surface area contributed by atoms with Gasteiger partial charge in [0.25, 0.3) is 0 Å². The van der Waals surface area contributed by atoms with Crippen LogP contribution in [0.3, 0.4) is 0 Å². The van der Waals surface area contributed by atoms with Crippen LogP contribution in [0, 0.1) is 0 Å². The number of alkyl halides is 4. The predicted octanol–water partition coefficient (Wildman–Crippen LogP) is 14.5. The average Bonchev–Trinajstić information content (AvgIpc) is 0.815. The van der Waals surface area contributed by atoms with E-state index in [0.717, 1.165) is 24.8 Å². The number of carboxylic acids is 1. The number of cyclic esters (lactones) is 4. The molecule has 4 aliphatic heterocycles. The summed E-state index contributed by atoms with van der Waals surface area (Å²) in [5, 5.41) is 19.2. The first-order valence-electron chi connectivity index (χ1n) is 34.7. The van der Waals surface area contributed by atoms with E-state index >= 15 is 0 Å². The number of anilines is 1. The van der Waals surface area contributed by atoms with Gasteiger partial charge < -0.3 is 59.3 Å². The number of carbonyl (C=O) groups is 10. The van der Waals surface area contributed by atoms with Crippen molar-refractivity contribution in [1.82, 2.24) is 34.9 Å². The average molecular weight is 2070 g/mol. The molecule has 0 aliphatic carbocycles. The number of carboxylic acid groups (broad SMARTS) is 1. The molecule has 0 amide bonds. The third-order valence-corrected chi connectivity index (χ3v) is 18.9. The molecule has 0 aromatic carbocycles. The number of rotatable bonds is 10. The number of halogens is 10. The second-order valence-corrected chi connectivity index (χ2v) is 33.7. The number of esters is 8. The molecule has 0 saturated carbocycles. The maximum atomic E-state index is 11.9. The van der Waals surface area contributed by atoms with Crippen LogP contribution in [-0.2, 0) is 102 Å². The molecule has 0 bridgehead atoms. The van der Waals surface area contributed by atoms with Gasteiger partial charge >= 0.3 is 78.8 Å². The Morgan fingerprint density at radius 2 is 0.869 bits per heavy atom. The molecule has 5 N–H and O–H groups in total. The monoisotopic (exact) mass is 2070 g/mol. The van der Waals surface area contributed by atoms with Gasteiger partial charge in [0.1, 0.15) is 70.1 Å². The Balaban J connectivity index is -0.00000133. The second kappa shape index (κ2) is 50.9. The molecule has 29 nitrogen and oxygen atoms in total. The van der Waals surface area contributed by atoms with Crippen molar-refractivity contribution in [2.24, 2.45) is 0 Å². The van der Waals surface area contributed by atoms with Crippen molar-refractivity contribution in [3.8, 4) is 0 Å². The zero-order valence-corrected chi connectivity index (χ0v) is 78.0. The summed E-state index contributed by atoms with van der Waals surface area (Å²) < 4.78 is 73.0. The molecule has 4 aliphatic rings. The van der Waals surface area contributed by atoms with E-state index < -0.39 is 58.2 Å². The molecule has 7 aromatic heterocycles. The van der Waals surface area contributed by atoms with Crippen LogP contribution < -0.4 is 24.6 Å². The first-order chi connectivity index (χ1) is 54.0. The molecule has 0 saturated heterocycles. The minimum Gasteiger partial charge on any atom is -0.870 e. The topological polar surface area (TPSA) is 431 Å². The Morgan fingerprint density at radius 1 is 0.516 bits per heavy atom. The first kappa shape index (κ1) is 118. The van der Waals surface area contributed by atoms with E-state index in [1.807, 2.05) is 101 Å². The van der Waals surface area contributed by atoms with Crippen LogP contribution in [0.1, 0.15) is 234 Å². The van der Waals surface area contributed by atoms with Crippen molar-refractivity contribution in [2.45, 2.75) is 183 Å². The summed E-state index contributed by atoms with van der Waals surface area (Å²) >= 11 is 29.3. The first-order valence-corrected chi connectivity index (χ1v) is 40.3. The number of nitrogens with two attached hydrogens (primary N) is 1. The summed E-state index contributed by atoms with van der Waals surface area (Å²) in [6.45, 7) is 29.4. The third-order valence-electron chi connectivity index (χ3n) is 16.2. The van der Waals surface area contributed by atoms with Crippen LogP contribution in [0.15, 0.2) is 98.3 Å². The molecule has 7 aromatic rings. The minimum atomic E-state index is -4.64. The predicted molar refractivity (Wildman–Crippen MR) is 468 cm³/mol. The number of fused-ring (bicyclic) bond motifs is 4. The molecule has 40 heteroatoms. The van der Waals surface area contributed by atoms with E-state index in [1.54, 1.807) is 74.5 Å². The number of aliphatic hydroxyl groups is 1. The quantitative estimate of drug-likeness (QED) is 0.0218. The summed E-state index contributed by atoms with van der Waals surface area (Å²) in [4.78, 5) is 143. The van der Waals surface area contributed by atoms with Crippen molar-refractivity contribution >= 4 is 171 Å². The SMILES string of the molecule is C.C.C.CC(C)(C)OC(=O)Cc1ccc2c(n1)C(C)(C)COC2=O.CC(C)(CO)c1nc(Cl)ccc1Br.CC1(C)COC(=O)c2ccc(C(=O)O)nc21.CC1(C)COC(=O)c2ccc(N)nc21.CI.COC(=O)C(C)(C)c1nc(Cl)ccc1Br.COC(=O)Cc1nc(Cl)ccc1Br.COC(=O)c1ccc2c(n1)C(C)(C)COC2=O.O=CC(F)(F)F.[Li+].[OH-]. The normalized spacial score (nSPS) is 14.0. The Hall–Kier alpha value is -7.90. The number of aliphatic hydroxyl groups excluding tert-OH is 1. The van der Waals surface area contributed by atoms with Crippen LogP contribution in [0.2, 0.25) is 15.5 Å². The number of aromatic nitrogens is 7. The van der Waals surface area contributed by atoms with Crippen molar-refractivity contribution in [3.63, 3.8) is 0 Å². The number of hydrogen-bond acceptors (Lipinski definition) is 28. The fourth-order valence-corrected chi connectivity index (χ4v) is 12.4. The number of aldehydes is 1. The molecular weight excluding hydrogens is 1970 g/mol. The van der Waals surface area contributed by atoms with Crippen LogP contribution in [0.5, 0.6) is 0 Å². The van der Waals surface area contributed by atoms with Gasteiger partial charge in [0, 0.05) is 40.5 Å². The largest absolute Gasteiger partial charge is 1.00 e. The summed E-state index contributed by atoms with van der Waals surface area (Å²) in [5.74, 6) is -3.71. The molecular formula is C82H103Br3Cl3F3ILiN8O21. The van der Waals surface area contributed by atoms with E-state index in [9.17, 15) is 56.3 Å². The van der Waals surface area contributed by atoms with Crippen molar-refractivity contribution < 1.29 is 134 Å².